The fraction of sp³-hybridized carbons (Fsp3) is 0.357. The number of nitrogens with one attached hydrogen (secondary N) is 1. The fourth-order valence-electron chi connectivity index (χ4n) is 4.83. The molecule has 0 aliphatic heterocycles. The minimum atomic E-state index is -3.85. The first kappa shape index (κ1) is 28.2. The third-order valence-corrected chi connectivity index (χ3v) is 8.65. The molecule has 3 aromatic carbocycles. The van der Waals surface area contributed by atoms with Gasteiger partial charge in [0, 0.05) is 28.0 Å². The lowest BCUT2D eigenvalue weighted by Crippen LogP contribution is -2.52. The first-order valence-corrected chi connectivity index (χ1v) is 15.1. The van der Waals surface area contributed by atoms with Crippen LogP contribution in [0.4, 0.5) is 5.69 Å². The van der Waals surface area contributed by atoms with E-state index in [2.05, 4.69) is 5.32 Å². The molecule has 0 radical (unpaired) electrons. The minimum absolute atomic E-state index is 0.0151. The molecule has 0 bridgehead atoms. The summed E-state index contributed by atoms with van der Waals surface area (Å²) in [7, 11) is -3.85. The molecule has 1 saturated carbocycles. The van der Waals surface area contributed by atoms with Gasteiger partial charge in [-0.3, -0.25) is 13.9 Å². The molecule has 0 spiro atoms. The quantitative estimate of drug-likeness (QED) is 0.370. The van der Waals surface area contributed by atoms with Crippen LogP contribution in [0.15, 0.2) is 60.7 Å². The standard InChI is InChI=1S/C28H31Cl2N3O4S/c1-19(28(35)31-23-10-4-5-11-23)32(17-21-14-15-22(29)16-25(21)30)27(34)18-33(38(2,36)37)26-13-7-9-20-8-3-6-12-24(20)26/h3,6-9,12-16,19,23H,4-5,10-11,17-18H2,1-2H3,(H,31,35)/t19-/m0/s1. The Hall–Kier alpha value is -2.81. The summed E-state index contributed by atoms with van der Waals surface area (Å²) in [5.74, 6) is -0.810. The lowest BCUT2D eigenvalue weighted by Gasteiger charge is -2.32. The van der Waals surface area contributed by atoms with Gasteiger partial charge in [-0.05, 0) is 48.9 Å². The molecule has 3 aromatic rings. The van der Waals surface area contributed by atoms with Gasteiger partial charge in [-0.1, -0.05) is 78.5 Å². The number of fused-ring (bicyclic) bond motifs is 1. The van der Waals surface area contributed by atoms with Gasteiger partial charge >= 0.3 is 0 Å². The number of carbonyl (C=O) groups excluding carboxylic acids is 2. The molecule has 10 heteroatoms. The summed E-state index contributed by atoms with van der Waals surface area (Å²) in [5.41, 5.74) is 0.993. The third kappa shape index (κ3) is 6.60. The zero-order valence-electron chi connectivity index (χ0n) is 21.4. The summed E-state index contributed by atoms with van der Waals surface area (Å²) in [6.07, 6.45) is 4.98. The Kier molecular flexibility index (Phi) is 8.85. The van der Waals surface area contributed by atoms with E-state index < -0.39 is 28.5 Å². The van der Waals surface area contributed by atoms with E-state index in [0.717, 1.165) is 41.6 Å². The monoisotopic (exact) mass is 575 g/mol. The predicted molar refractivity (Wildman–Crippen MR) is 153 cm³/mol. The van der Waals surface area contributed by atoms with E-state index in [4.69, 9.17) is 23.2 Å². The lowest BCUT2D eigenvalue weighted by molar-refractivity contribution is -0.139. The van der Waals surface area contributed by atoms with Gasteiger partial charge in [0.15, 0.2) is 0 Å². The average Bonchev–Trinajstić information content (AvgIpc) is 3.38. The van der Waals surface area contributed by atoms with E-state index in [-0.39, 0.29) is 18.5 Å². The van der Waals surface area contributed by atoms with Crippen molar-refractivity contribution in [2.75, 3.05) is 17.1 Å². The average molecular weight is 577 g/mol. The summed E-state index contributed by atoms with van der Waals surface area (Å²) < 4.78 is 27.0. The molecule has 38 heavy (non-hydrogen) atoms. The minimum Gasteiger partial charge on any atom is -0.352 e. The Balaban J connectivity index is 1.67. The number of hydrogen-bond acceptors (Lipinski definition) is 4. The summed E-state index contributed by atoms with van der Waals surface area (Å²) in [6.45, 7) is 1.19. The van der Waals surface area contributed by atoms with Gasteiger partial charge in [0.1, 0.15) is 12.6 Å². The van der Waals surface area contributed by atoms with Crippen molar-refractivity contribution in [3.05, 3.63) is 76.3 Å². The van der Waals surface area contributed by atoms with Crippen molar-refractivity contribution in [1.29, 1.82) is 0 Å². The van der Waals surface area contributed by atoms with Crippen LogP contribution in [0.5, 0.6) is 0 Å². The molecule has 1 fully saturated rings. The Morgan fingerprint density at radius 1 is 1.03 bits per heavy atom. The second kappa shape index (κ2) is 11.9. The first-order chi connectivity index (χ1) is 18.0. The normalized spacial score (nSPS) is 14.8. The topological polar surface area (TPSA) is 86.8 Å². The van der Waals surface area contributed by atoms with Crippen LogP contribution in [0, 0.1) is 0 Å². The van der Waals surface area contributed by atoms with Crippen molar-refractivity contribution in [1.82, 2.24) is 10.2 Å². The van der Waals surface area contributed by atoms with Gasteiger partial charge in [-0.25, -0.2) is 8.42 Å². The van der Waals surface area contributed by atoms with E-state index in [0.29, 0.717) is 26.7 Å². The van der Waals surface area contributed by atoms with E-state index in [1.54, 1.807) is 37.3 Å². The highest BCUT2D eigenvalue weighted by Gasteiger charge is 2.32. The van der Waals surface area contributed by atoms with Crippen LogP contribution in [-0.4, -0.2) is 50.0 Å². The number of benzene rings is 3. The number of nitrogens with zero attached hydrogens (tertiary/aromatic N) is 2. The van der Waals surface area contributed by atoms with Gasteiger partial charge in [0.2, 0.25) is 21.8 Å². The highest BCUT2D eigenvalue weighted by Crippen LogP contribution is 2.29. The van der Waals surface area contributed by atoms with Crippen molar-refractivity contribution < 1.29 is 18.0 Å². The van der Waals surface area contributed by atoms with Crippen molar-refractivity contribution >= 4 is 61.5 Å². The highest BCUT2D eigenvalue weighted by molar-refractivity contribution is 7.92. The van der Waals surface area contributed by atoms with E-state index in [9.17, 15) is 18.0 Å². The molecule has 0 heterocycles. The van der Waals surface area contributed by atoms with Crippen LogP contribution in [0.25, 0.3) is 10.8 Å². The summed E-state index contributed by atoms with van der Waals surface area (Å²) in [6, 6.07) is 16.8. The largest absolute Gasteiger partial charge is 0.352 e. The van der Waals surface area contributed by atoms with Gasteiger partial charge < -0.3 is 10.2 Å². The second-order valence-electron chi connectivity index (χ2n) is 9.69. The Morgan fingerprint density at radius 3 is 2.39 bits per heavy atom. The van der Waals surface area contributed by atoms with Crippen molar-refractivity contribution in [3.8, 4) is 0 Å². The number of sulfonamides is 1. The molecule has 202 valence electrons. The molecular weight excluding hydrogens is 545 g/mol. The number of anilines is 1. The SMILES string of the molecule is C[C@@H](C(=O)NC1CCCC1)N(Cc1ccc(Cl)cc1Cl)C(=O)CN(c1cccc2ccccc12)S(C)(=O)=O. The van der Waals surface area contributed by atoms with Crippen molar-refractivity contribution in [2.45, 2.75) is 51.2 Å². The number of halogens is 2. The van der Waals surface area contributed by atoms with Gasteiger partial charge in [-0.15, -0.1) is 0 Å². The van der Waals surface area contributed by atoms with Crippen LogP contribution < -0.4 is 9.62 Å². The Morgan fingerprint density at radius 2 is 1.71 bits per heavy atom. The Labute approximate surface area is 233 Å². The van der Waals surface area contributed by atoms with Crippen LogP contribution in [0.3, 0.4) is 0 Å². The number of hydrogen-bond donors (Lipinski definition) is 1. The lowest BCUT2D eigenvalue weighted by atomic mass is 10.1. The molecule has 4 rings (SSSR count). The third-order valence-electron chi connectivity index (χ3n) is 6.94. The van der Waals surface area contributed by atoms with Crippen molar-refractivity contribution in [3.63, 3.8) is 0 Å². The number of amides is 2. The first-order valence-electron chi connectivity index (χ1n) is 12.5. The molecule has 1 aliphatic rings. The Bertz CT molecular complexity index is 1440. The maximum Gasteiger partial charge on any atom is 0.244 e. The van der Waals surface area contributed by atoms with Crippen LogP contribution >= 0.6 is 23.2 Å². The zero-order chi connectivity index (χ0) is 27.4. The summed E-state index contributed by atoms with van der Waals surface area (Å²) in [5, 5.41) is 5.39. The molecule has 1 aliphatic carbocycles. The van der Waals surface area contributed by atoms with E-state index >= 15 is 0 Å². The molecule has 1 atom stereocenters. The molecule has 0 saturated heterocycles. The van der Waals surface area contributed by atoms with Gasteiger partial charge in [0.25, 0.3) is 0 Å². The smallest absolute Gasteiger partial charge is 0.244 e. The molecule has 0 aromatic heterocycles. The molecule has 2 amide bonds. The van der Waals surface area contributed by atoms with Gasteiger partial charge in [-0.2, -0.15) is 0 Å². The maximum absolute atomic E-state index is 13.8. The van der Waals surface area contributed by atoms with E-state index in [1.165, 1.54) is 4.90 Å². The molecular formula is C28H31Cl2N3O4S. The summed E-state index contributed by atoms with van der Waals surface area (Å²) >= 11 is 12.5. The van der Waals surface area contributed by atoms with Crippen LogP contribution in [0.1, 0.15) is 38.2 Å². The molecule has 1 N–H and O–H groups in total. The fourth-order valence-corrected chi connectivity index (χ4v) is 6.16. The second-order valence-corrected chi connectivity index (χ2v) is 12.4. The zero-order valence-corrected chi connectivity index (χ0v) is 23.7. The predicted octanol–water partition coefficient (Wildman–Crippen LogP) is 5.39. The number of carbonyl (C=O) groups is 2. The summed E-state index contributed by atoms with van der Waals surface area (Å²) in [4.78, 5) is 28.4. The maximum atomic E-state index is 13.8. The van der Waals surface area contributed by atoms with E-state index in [1.807, 2.05) is 30.3 Å². The molecule has 0 unspecified atom stereocenters. The highest BCUT2D eigenvalue weighted by atomic mass is 35.5. The molecule has 7 nitrogen and oxygen atoms in total. The number of rotatable bonds is 9. The van der Waals surface area contributed by atoms with Crippen molar-refractivity contribution in [2.24, 2.45) is 0 Å². The van der Waals surface area contributed by atoms with Crippen LogP contribution in [0.2, 0.25) is 10.0 Å². The van der Waals surface area contributed by atoms with Crippen LogP contribution in [-0.2, 0) is 26.2 Å². The van der Waals surface area contributed by atoms with Gasteiger partial charge in [0.05, 0.1) is 11.9 Å².